The number of hydrogen-bond donors (Lipinski definition) is 1. The average Bonchev–Trinajstić information content (AvgIpc) is 2.83. The fourth-order valence-electron chi connectivity index (χ4n) is 3.03. The van der Waals surface area contributed by atoms with Crippen LogP contribution in [0, 0.1) is 0 Å². The van der Waals surface area contributed by atoms with Gasteiger partial charge in [0.1, 0.15) is 5.60 Å². The van der Waals surface area contributed by atoms with Crippen LogP contribution in [0.25, 0.3) is 0 Å². The zero-order valence-electron chi connectivity index (χ0n) is 12.3. The van der Waals surface area contributed by atoms with Gasteiger partial charge < -0.3 is 15.0 Å². The number of amides is 2. The van der Waals surface area contributed by atoms with Gasteiger partial charge in [0, 0.05) is 13.0 Å². The van der Waals surface area contributed by atoms with E-state index >= 15 is 0 Å². The van der Waals surface area contributed by atoms with Crippen molar-refractivity contribution >= 4 is 12.0 Å². The van der Waals surface area contributed by atoms with Crippen molar-refractivity contribution in [2.75, 3.05) is 6.54 Å². The molecule has 0 aromatic heterocycles. The maximum Gasteiger partial charge on any atom is 0.410 e. The van der Waals surface area contributed by atoms with Gasteiger partial charge in [-0.2, -0.15) is 0 Å². The van der Waals surface area contributed by atoms with Crippen LogP contribution in [0.1, 0.15) is 53.4 Å². The molecule has 2 amide bonds. The molecule has 19 heavy (non-hydrogen) atoms. The number of nitrogens with zero attached hydrogens (tertiary/aromatic N) is 1. The third-order valence-corrected chi connectivity index (χ3v) is 3.91. The van der Waals surface area contributed by atoms with Crippen molar-refractivity contribution in [3.05, 3.63) is 0 Å². The minimum Gasteiger partial charge on any atom is -0.444 e. The van der Waals surface area contributed by atoms with E-state index < -0.39 is 5.60 Å². The van der Waals surface area contributed by atoms with Crippen molar-refractivity contribution < 1.29 is 14.3 Å². The molecule has 2 unspecified atom stereocenters. The van der Waals surface area contributed by atoms with Gasteiger partial charge >= 0.3 is 6.09 Å². The summed E-state index contributed by atoms with van der Waals surface area (Å²) < 4.78 is 5.46. The Morgan fingerprint density at radius 3 is 2.68 bits per heavy atom. The van der Waals surface area contributed by atoms with E-state index in [0.717, 1.165) is 19.3 Å². The van der Waals surface area contributed by atoms with Gasteiger partial charge in [-0.05, 0) is 47.0 Å². The second-order valence-corrected chi connectivity index (χ2v) is 6.80. The van der Waals surface area contributed by atoms with E-state index in [2.05, 4.69) is 5.32 Å². The number of nitrogens with one attached hydrogen (secondary N) is 1. The van der Waals surface area contributed by atoms with Gasteiger partial charge in [-0.15, -0.1) is 0 Å². The summed E-state index contributed by atoms with van der Waals surface area (Å²) in [4.78, 5) is 25.5. The molecule has 2 aliphatic heterocycles. The Labute approximate surface area is 114 Å². The summed E-state index contributed by atoms with van der Waals surface area (Å²) in [6.07, 6.45) is 2.97. The van der Waals surface area contributed by atoms with Gasteiger partial charge in [-0.3, -0.25) is 4.79 Å². The molecular weight excluding hydrogens is 244 g/mol. The second kappa shape index (κ2) is 4.69. The lowest BCUT2D eigenvalue weighted by Crippen LogP contribution is -2.56. The van der Waals surface area contributed by atoms with E-state index in [-0.39, 0.29) is 23.6 Å². The topological polar surface area (TPSA) is 58.6 Å². The molecule has 1 N–H and O–H groups in total. The minimum atomic E-state index is -0.482. The molecule has 5 nitrogen and oxygen atoms in total. The van der Waals surface area contributed by atoms with E-state index in [4.69, 9.17) is 4.74 Å². The smallest absolute Gasteiger partial charge is 0.410 e. The summed E-state index contributed by atoms with van der Waals surface area (Å²) in [5, 5.41) is 3.03. The summed E-state index contributed by atoms with van der Waals surface area (Å²) in [6.45, 7) is 8.36. The van der Waals surface area contributed by atoms with Crippen LogP contribution in [0.4, 0.5) is 4.79 Å². The lowest BCUT2D eigenvalue weighted by molar-refractivity contribution is -0.120. The Bertz CT molecular complexity index is 389. The quantitative estimate of drug-likeness (QED) is 0.792. The molecule has 2 saturated heterocycles. The molecule has 2 heterocycles. The Balaban J connectivity index is 2.09. The fourth-order valence-corrected chi connectivity index (χ4v) is 3.03. The highest BCUT2D eigenvalue weighted by molar-refractivity contribution is 5.80. The van der Waals surface area contributed by atoms with E-state index in [0.29, 0.717) is 13.0 Å². The number of likely N-dealkylation sites (tertiary alicyclic amines) is 1. The van der Waals surface area contributed by atoms with Crippen molar-refractivity contribution in [3.8, 4) is 0 Å². The molecule has 0 aliphatic carbocycles. The van der Waals surface area contributed by atoms with Crippen LogP contribution in [0.2, 0.25) is 0 Å². The van der Waals surface area contributed by atoms with Crippen LogP contribution in [0.15, 0.2) is 0 Å². The van der Waals surface area contributed by atoms with Crippen LogP contribution in [-0.2, 0) is 9.53 Å². The molecule has 0 bridgehead atoms. The molecule has 0 aromatic carbocycles. The average molecular weight is 268 g/mol. The highest BCUT2D eigenvalue weighted by Gasteiger charge is 2.47. The predicted octanol–water partition coefficient (Wildman–Crippen LogP) is 2.05. The van der Waals surface area contributed by atoms with Gasteiger partial charge in [-0.25, -0.2) is 4.79 Å². The van der Waals surface area contributed by atoms with Crippen LogP contribution < -0.4 is 5.32 Å². The van der Waals surface area contributed by atoms with E-state index in [1.54, 1.807) is 4.90 Å². The highest BCUT2D eigenvalue weighted by atomic mass is 16.6. The summed E-state index contributed by atoms with van der Waals surface area (Å²) in [5.41, 5.74) is -0.783. The van der Waals surface area contributed by atoms with Gasteiger partial charge in [0.25, 0.3) is 0 Å². The van der Waals surface area contributed by atoms with Gasteiger partial charge in [0.05, 0.1) is 11.6 Å². The lowest BCUT2D eigenvalue weighted by Gasteiger charge is -2.38. The lowest BCUT2D eigenvalue weighted by atomic mass is 9.89. The summed E-state index contributed by atoms with van der Waals surface area (Å²) in [7, 11) is 0. The Morgan fingerprint density at radius 2 is 2.16 bits per heavy atom. The number of ether oxygens (including phenoxy) is 1. The monoisotopic (exact) mass is 268 g/mol. The van der Waals surface area contributed by atoms with Gasteiger partial charge in [0.2, 0.25) is 5.91 Å². The zero-order chi connectivity index (χ0) is 14.3. The molecule has 108 valence electrons. The van der Waals surface area contributed by atoms with E-state index in [1.165, 1.54) is 0 Å². The van der Waals surface area contributed by atoms with Crippen LogP contribution >= 0.6 is 0 Å². The molecule has 5 heteroatoms. The van der Waals surface area contributed by atoms with Crippen LogP contribution in [-0.4, -0.2) is 40.6 Å². The largest absolute Gasteiger partial charge is 0.444 e. The Hall–Kier alpha value is -1.26. The molecule has 2 atom stereocenters. The van der Waals surface area contributed by atoms with E-state index in [1.807, 2.05) is 27.7 Å². The van der Waals surface area contributed by atoms with Gasteiger partial charge in [-0.1, -0.05) is 0 Å². The molecule has 0 spiro atoms. The Morgan fingerprint density at radius 1 is 1.47 bits per heavy atom. The Kier molecular flexibility index (Phi) is 3.49. The third kappa shape index (κ3) is 3.01. The first-order valence-electron chi connectivity index (χ1n) is 7.02. The standard InChI is InChI=1S/C14H24N2O3/c1-13(2,3)19-12(18)16-9-5-6-10(16)14(4)8-7-11(17)15-14/h10H,5-9H2,1-4H3,(H,15,17). The van der Waals surface area contributed by atoms with Crippen molar-refractivity contribution in [2.24, 2.45) is 0 Å². The molecule has 2 aliphatic rings. The van der Waals surface area contributed by atoms with E-state index in [9.17, 15) is 9.59 Å². The first-order valence-corrected chi connectivity index (χ1v) is 7.02. The molecular formula is C14H24N2O3. The predicted molar refractivity (Wildman–Crippen MR) is 71.7 cm³/mol. The second-order valence-electron chi connectivity index (χ2n) is 6.80. The number of rotatable bonds is 1. The first-order chi connectivity index (χ1) is 8.71. The zero-order valence-corrected chi connectivity index (χ0v) is 12.3. The van der Waals surface area contributed by atoms with Crippen molar-refractivity contribution in [2.45, 2.75) is 70.6 Å². The SMILES string of the molecule is CC(C)(C)OC(=O)N1CCCC1C1(C)CCC(=O)N1. The van der Waals surface area contributed by atoms with Crippen molar-refractivity contribution in [3.63, 3.8) is 0 Å². The summed E-state index contributed by atoms with van der Waals surface area (Å²) in [6, 6.07) is 0.0498. The molecule has 2 fully saturated rings. The minimum absolute atomic E-state index is 0.0498. The number of hydrogen-bond acceptors (Lipinski definition) is 3. The van der Waals surface area contributed by atoms with Crippen LogP contribution in [0.5, 0.6) is 0 Å². The molecule has 0 aromatic rings. The fraction of sp³-hybridized carbons (Fsp3) is 0.857. The van der Waals surface area contributed by atoms with Crippen LogP contribution in [0.3, 0.4) is 0 Å². The third-order valence-electron chi connectivity index (χ3n) is 3.91. The molecule has 2 rings (SSSR count). The molecule has 0 saturated carbocycles. The highest BCUT2D eigenvalue weighted by Crippen LogP contribution is 2.34. The summed E-state index contributed by atoms with van der Waals surface area (Å²) >= 11 is 0. The molecule has 0 radical (unpaired) electrons. The normalized spacial score (nSPS) is 31.5. The maximum absolute atomic E-state index is 12.2. The maximum atomic E-state index is 12.2. The van der Waals surface area contributed by atoms with Crippen molar-refractivity contribution in [1.29, 1.82) is 0 Å². The van der Waals surface area contributed by atoms with Gasteiger partial charge in [0.15, 0.2) is 0 Å². The first kappa shape index (κ1) is 14.2. The van der Waals surface area contributed by atoms with Crippen molar-refractivity contribution in [1.82, 2.24) is 10.2 Å². The number of carbonyl (C=O) groups excluding carboxylic acids is 2. The summed E-state index contributed by atoms with van der Waals surface area (Å²) in [5.74, 6) is 0.0820. The number of carbonyl (C=O) groups is 2.